The normalized spacial score (nSPS) is 9.88. The third-order valence-electron chi connectivity index (χ3n) is 6.95. The molecule has 4 heterocycles. The van der Waals surface area contributed by atoms with E-state index in [0.29, 0.717) is 61.3 Å². The molecule has 6 rings (SSSR count). The second kappa shape index (κ2) is 18.9. The van der Waals surface area contributed by atoms with Crippen LogP contribution in [0.3, 0.4) is 0 Å². The lowest BCUT2D eigenvalue weighted by Gasteiger charge is -2.07. The van der Waals surface area contributed by atoms with E-state index in [1.807, 2.05) is 19.1 Å². The number of hydrogen-bond donors (Lipinski definition) is 0. The van der Waals surface area contributed by atoms with E-state index in [4.69, 9.17) is 44.8 Å². The number of methoxy groups -OCH3 is 2. The number of aryl methyl sites for hydroxylation is 1. The number of aromatic nitrogens is 4. The fourth-order valence-electron chi connectivity index (χ4n) is 4.74. The van der Waals surface area contributed by atoms with Gasteiger partial charge < -0.3 is 9.47 Å². The number of fused-ring (bicyclic) bond motifs is 2. The third kappa shape index (κ3) is 10.7. The van der Waals surface area contributed by atoms with Crippen LogP contribution in [0.1, 0.15) is 61.8 Å². The van der Waals surface area contributed by atoms with Crippen LogP contribution in [0, 0.1) is 29.6 Å². The largest absolute Gasteiger partial charge is 0.465 e. The lowest BCUT2D eigenvalue weighted by molar-refractivity contribution is 0.0591. The molecule has 0 bridgehead atoms. The summed E-state index contributed by atoms with van der Waals surface area (Å²) in [7, 11) is 2.69. The molecule has 0 saturated carbocycles. The molecule has 0 unspecified atom stereocenters. The quantitative estimate of drug-likeness (QED) is 0.124. The predicted molar refractivity (Wildman–Crippen MR) is 198 cm³/mol. The molecule has 13 heteroatoms. The number of benzene rings is 2. The second-order valence-corrected chi connectivity index (χ2v) is 11.6. The van der Waals surface area contributed by atoms with E-state index in [1.165, 1.54) is 26.6 Å². The number of pyridine rings is 4. The maximum Gasteiger partial charge on any atom is 0.337 e. The second-order valence-electron chi connectivity index (χ2n) is 10.5. The average Bonchev–Trinajstić information content (AvgIpc) is 3.13. The molecule has 0 aliphatic carbocycles. The van der Waals surface area contributed by atoms with Crippen molar-refractivity contribution in [1.82, 2.24) is 19.9 Å². The molecular weight excluding hydrogens is 711 g/mol. The number of alkyl halides is 1. The van der Waals surface area contributed by atoms with Crippen molar-refractivity contribution in [2.75, 3.05) is 14.2 Å². The first-order valence-electron chi connectivity index (χ1n) is 14.7. The van der Waals surface area contributed by atoms with Crippen LogP contribution >= 0.6 is 34.8 Å². The SMILES string of the molecule is C.COC(=O)c1ccnc(C)c1.COC(=O)c1ccnc(Cc2cc(C#N)c3ncc(Cl)cc3c2)c1.N#Cc1cc(CCl)cc2cc(Cl)cnc12. The van der Waals surface area contributed by atoms with Crippen LogP contribution in [0.5, 0.6) is 0 Å². The summed E-state index contributed by atoms with van der Waals surface area (Å²) >= 11 is 17.6. The van der Waals surface area contributed by atoms with Crippen molar-refractivity contribution in [2.24, 2.45) is 0 Å². The molecule has 0 fully saturated rings. The van der Waals surface area contributed by atoms with E-state index in [1.54, 1.807) is 60.9 Å². The summed E-state index contributed by atoms with van der Waals surface area (Å²) in [6, 6.07) is 21.7. The number of rotatable bonds is 5. The predicted octanol–water partition coefficient (Wildman–Crippen LogP) is 8.84. The molecule has 0 aliphatic rings. The molecule has 0 spiro atoms. The van der Waals surface area contributed by atoms with Gasteiger partial charge in [-0.15, -0.1) is 11.6 Å². The topological polar surface area (TPSA) is 152 Å². The van der Waals surface area contributed by atoms with Crippen molar-refractivity contribution in [1.29, 1.82) is 10.5 Å². The fourth-order valence-corrected chi connectivity index (χ4v) is 5.23. The van der Waals surface area contributed by atoms with E-state index in [2.05, 4.69) is 36.8 Å². The van der Waals surface area contributed by atoms with Crippen LogP contribution in [0.2, 0.25) is 10.0 Å². The number of carbonyl (C=O) groups is 2. The number of halogens is 3. The molecule has 4 aromatic heterocycles. The molecule has 258 valence electrons. The standard InChI is InChI=1S/C18H12ClN3O2.C11H6Cl2N2.C8H9NO2.CH4/c1-24-18(23)12-2-3-21-16(8-12)6-11-4-13-7-15(19)10-22-17(13)14(5-11)9-20;12-4-7-1-8-3-10(13)6-15-11(8)9(2-7)5-14;1-6-5-7(3-4-9-6)8(10)11-2;/h2-5,7-8,10H,6H2,1H3;1-3,6H,4H2;3-5H,1-2H3;1H4. The lowest BCUT2D eigenvalue weighted by atomic mass is 10.0. The first-order valence-corrected chi connectivity index (χ1v) is 15.9. The number of carbonyl (C=O) groups excluding carboxylic acids is 2. The summed E-state index contributed by atoms with van der Waals surface area (Å²) < 4.78 is 9.24. The minimum Gasteiger partial charge on any atom is -0.465 e. The van der Waals surface area contributed by atoms with Gasteiger partial charge in [0.25, 0.3) is 0 Å². The Labute approximate surface area is 310 Å². The highest BCUT2D eigenvalue weighted by Gasteiger charge is 2.11. The van der Waals surface area contributed by atoms with Crippen molar-refractivity contribution in [3.63, 3.8) is 0 Å². The van der Waals surface area contributed by atoms with Crippen LogP contribution in [-0.4, -0.2) is 46.1 Å². The summed E-state index contributed by atoms with van der Waals surface area (Å²) in [5, 5.41) is 21.0. The summed E-state index contributed by atoms with van der Waals surface area (Å²) in [6.07, 6.45) is 6.67. The molecule has 6 aromatic rings. The summed E-state index contributed by atoms with van der Waals surface area (Å²) in [6.45, 7) is 1.83. The van der Waals surface area contributed by atoms with Gasteiger partial charge in [0.15, 0.2) is 0 Å². The Morgan fingerprint density at radius 1 is 0.706 bits per heavy atom. The van der Waals surface area contributed by atoms with Crippen molar-refractivity contribution in [2.45, 2.75) is 26.7 Å². The number of hydrogen-bond acceptors (Lipinski definition) is 10. The van der Waals surface area contributed by atoms with E-state index in [0.717, 1.165) is 27.6 Å². The Morgan fingerprint density at radius 2 is 1.20 bits per heavy atom. The van der Waals surface area contributed by atoms with Crippen LogP contribution in [0.25, 0.3) is 21.8 Å². The van der Waals surface area contributed by atoms with E-state index >= 15 is 0 Å². The van der Waals surface area contributed by atoms with Gasteiger partial charge in [-0.25, -0.2) is 9.59 Å². The Kier molecular flexibility index (Phi) is 14.8. The van der Waals surface area contributed by atoms with Gasteiger partial charge in [-0.1, -0.05) is 30.6 Å². The fraction of sp³-hybridized carbons (Fsp3) is 0.158. The van der Waals surface area contributed by atoms with E-state index in [-0.39, 0.29) is 13.4 Å². The van der Waals surface area contributed by atoms with Crippen molar-refractivity contribution >= 4 is 68.5 Å². The molecule has 0 N–H and O–H groups in total. The zero-order chi connectivity index (χ0) is 36.2. The maximum atomic E-state index is 11.6. The van der Waals surface area contributed by atoms with Crippen molar-refractivity contribution < 1.29 is 19.1 Å². The highest BCUT2D eigenvalue weighted by Crippen LogP contribution is 2.24. The lowest BCUT2D eigenvalue weighted by Crippen LogP contribution is -2.03. The van der Waals surface area contributed by atoms with Crippen LogP contribution in [0.4, 0.5) is 0 Å². The molecule has 0 radical (unpaired) electrons. The molecule has 0 saturated heterocycles. The smallest absolute Gasteiger partial charge is 0.337 e. The molecule has 0 atom stereocenters. The van der Waals surface area contributed by atoms with Gasteiger partial charge in [-0.05, 0) is 78.7 Å². The molecule has 0 amide bonds. The molecule has 51 heavy (non-hydrogen) atoms. The highest BCUT2D eigenvalue weighted by molar-refractivity contribution is 6.31. The van der Waals surface area contributed by atoms with Crippen molar-refractivity contribution in [3.8, 4) is 12.1 Å². The van der Waals surface area contributed by atoms with Gasteiger partial charge in [0.2, 0.25) is 0 Å². The third-order valence-corrected chi connectivity index (χ3v) is 7.68. The summed E-state index contributed by atoms with van der Waals surface area (Å²) in [5.74, 6) is -0.363. The van der Waals surface area contributed by atoms with Gasteiger partial charge in [0.1, 0.15) is 12.1 Å². The zero-order valence-corrected chi connectivity index (χ0v) is 29.2. The van der Waals surface area contributed by atoms with Gasteiger partial charge in [0.05, 0.1) is 57.6 Å². The molecule has 10 nitrogen and oxygen atoms in total. The number of nitrogens with zero attached hydrogens (tertiary/aromatic N) is 6. The van der Waals surface area contributed by atoms with Crippen LogP contribution in [0.15, 0.2) is 85.5 Å². The van der Waals surface area contributed by atoms with E-state index < -0.39 is 5.97 Å². The van der Waals surface area contributed by atoms with Gasteiger partial charge in [0, 0.05) is 59.2 Å². The Morgan fingerprint density at radius 3 is 1.69 bits per heavy atom. The van der Waals surface area contributed by atoms with Gasteiger partial charge >= 0.3 is 11.9 Å². The molecular formula is C38H31Cl3N6O4. The first kappa shape index (κ1) is 39.8. The zero-order valence-electron chi connectivity index (χ0n) is 26.9. The summed E-state index contributed by atoms with van der Waals surface area (Å²) in [4.78, 5) is 39.1. The summed E-state index contributed by atoms with van der Waals surface area (Å²) in [5.41, 5.74) is 6.56. The number of esters is 2. The minimum atomic E-state index is -0.411. The molecule has 0 aliphatic heterocycles. The van der Waals surface area contributed by atoms with Gasteiger partial charge in [-0.3, -0.25) is 19.9 Å². The molecule has 2 aromatic carbocycles. The Bertz CT molecular complexity index is 2290. The van der Waals surface area contributed by atoms with Crippen LogP contribution < -0.4 is 0 Å². The van der Waals surface area contributed by atoms with Crippen LogP contribution in [-0.2, 0) is 21.8 Å². The van der Waals surface area contributed by atoms with Crippen molar-refractivity contribution in [3.05, 3.63) is 140 Å². The highest BCUT2D eigenvalue weighted by atomic mass is 35.5. The average molecular weight is 742 g/mol. The minimum absolute atomic E-state index is 0. The first-order chi connectivity index (χ1) is 24.1. The number of ether oxygens (including phenoxy) is 2. The monoisotopic (exact) mass is 740 g/mol. The maximum absolute atomic E-state index is 11.6. The Balaban J connectivity index is 0.000000223. The number of nitriles is 2. The van der Waals surface area contributed by atoms with Gasteiger partial charge in [-0.2, -0.15) is 10.5 Å². The Hall–Kier alpha value is -5.65. The van der Waals surface area contributed by atoms with E-state index in [9.17, 15) is 14.9 Å².